The van der Waals surface area contributed by atoms with Crippen LogP contribution in [-0.2, 0) is 20.8 Å². The Bertz CT molecular complexity index is 723. The zero-order chi connectivity index (χ0) is 19.3. The van der Waals surface area contributed by atoms with Gasteiger partial charge in [-0.3, -0.25) is 19.3 Å². The fourth-order valence-corrected chi connectivity index (χ4v) is 3.29. The SMILES string of the molecule is CC(C)(C)C(=O)C=C1SCC(=O)N1CC(=O)NCCc1ccc(Cl)cc1. The molecule has 1 aromatic carbocycles. The molecule has 0 unspecified atom stereocenters. The number of rotatable bonds is 6. The average Bonchev–Trinajstić information content (AvgIpc) is 2.89. The number of hydrogen-bond donors (Lipinski definition) is 1. The van der Waals surface area contributed by atoms with Gasteiger partial charge in [-0.15, -0.1) is 0 Å². The van der Waals surface area contributed by atoms with Gasteiger partial charge in [0.05, 0.1) is 10.8 Å². The second kappa shape index (κ2) is 8.73. The van der Waals surface area contributed by atoms with E-state index >= 15 is 0 Å². The van der Waals surface area contributed by atoms with Crippen molar-refractivity contribution in [2.24, 2.45) is 5.41 Å². The van der Waals surface area contributed by atoms with Crippen LogP contribution in [0.3, 0.4) is 0 Å². The Morgan fingerprint density at radius 3 is 2.54 bits per heavy atom. The lowest BCUT2D eigenvalue weighted by molar-refractivity contribution is -0.131. The second-order valence-corrected chi connectivity index (χ2v) is 8.52. The quantitative estimate of drug-likeness (QED) is 0.753. The number of carbonyl (C=O) groups excluding carboxylic acids is 3. The Morgan fingerprint density at radius 2 is 1.92 bits per heavy atom. The van der Waals surface area contributed by atoms with Crippen molar-refractivity contribution in [1.82, 2.24) is 10.2 Å². The van der Waals surface area contributed by atoms with Gasteiger partial charge in [-0.1, -0.05) is 56.3 Å². The molecular weight excluding hydrogens is 372 g/mol. The van der Waals surface area contributed by atoms with Crippen molar-refractivity contribution in [3.63, 3.8) is 0 Å². The molecule has 0 aliphatic carbocycles. The topological polar surface area (TPSA) is 66.5 Å². The van der Waals surface area contributed by atoms with Crippen molar-refractivity contribution in [2.75, 3.05) is 18.8 Å². The Morgan fingerprint density at radius 1 is 1.27 bits per heavy atom. The van der Waals surface area contributed by atoms with Crippen molar-refractivity contribution in [1.29, 1.82) is 0 Å². The van der Waals surface area contributed by atoms with E-state index in [9.17, 15) is 14.4 Å². The molecule has 0 atom stereocenters. The van der Waals surface area contributed by atoms with E-state index in [4.69, 9.17) is 11.6 Å². The van der Waals surface area contributed by atoms with Gasteiger partial charge in [0.25, 0.3) is 0 Å². The third kappa shape index (κ3) is 5.88. The minimum Gasteiger partial charge on any atom is -0.354 e. The summed E-state index contributed by atoms with van der Waals surface area (Å²) in [5.74, 6) is -0.219. The largest absolute Gasteiger partial charge is 0.354 e. The summed E-state index contributed by atoms with van der Waals surface area (Å²) in [6, 6.07) is 7.44. The van der Waals surface area contributed by atoms with Gasteiger partial charge in [-0.05, 0) is 24.1 Å². The van der Waals surface area contributed by atoms with E-state index in [0.717, 1.165) is 5.56 Å². The van der Waals surface area contributed by atoms with E-state index in [1.165, 1.54) is 22.7 Å². The Hall–Kier alpha value is -1.79. The van der Waals surface area contributed by atoms with Gasteiger partial charge in [0.1, 0.15) is 6.54 Å². The number of hydrogen-bond acceptors (Lipinski definition) is 4. The number of nitrogens with zero attached hydrogens (tertiary/aromatic N) is 1. The van der Waals surface area contributed by atoms with E-state index in [-0.39, 0.29) is 29.9 Å². The number of thioether (sulfide) groups is 1. The standard InChI is InChI=1S/C19H23ClN2O3S/c1-19(2,3)15(23)10-18-22(17(25)12-26-18)11-16(24)21-9-8-13-4-6-14(20)7-5-13/h4-7,10H,8-9,11-12H2,1-3H3,(H,21,24). The highest BCUT2D eigenvalue weighted by molar-refractivity contribution is 8.04. The second-order valence-electron chi connectivity index (χ2n) is 7.09. The van der Waals surface area contributed by atoms with Crippen molar-refractivity contribution in [3.8, 4) is 0 Å². The lowest BCUT2D eigenvalue weighted by Gasteiger charge is -2.19. The molecule has 1 aliphatic rings. The van der Waals surface area contributed by atoms with Crippen LogP contribution >= 0.6 is 23.4 Å². The van der Waals surface area contributed by atoms with Crippen LogP contribution in [0.15, 0.2) is 35.4 Å². The Kier molecular flexibility index (Phi) is 6.89. The maximum absolute atomic E-state index is 12.2. The predicted octanol–water partition coefficient (Wildman–Crippen LogP) is 3.03. The first-order valence-corrected chi connectivity index (χ1v) is 9.73. The highest BCUT2D eigenvalue weighted by atomic mass is 35.5. The summed E-state index contributed by atoms with van der Waals surface area (Å²) in [4.78, 5) is 37.8. The van der Waals surface area contributed by atoms with Crippen molar-refractivity contribution in [2.45, 2.75) is 27.2 Å². The van der Waals surface area contributed by atoms with Crippen LogP contribution in [0.5, 0.6) is 0 Å². The molecule has 2 amide bonds. The summed E-state index contributed by atoms with van der Waals surface area (Å²) in [6.07, 6.45) is 2.15. The van der Waals surface area contributed by atoms with E-state index in [0.29, 0.717) is 23.0 Å². The molecule has 0 radical (unpaired) electrons. The summed E-state index contributed by atoms with van der Waals surface area (Å²) < 4.78 is 0. The van der Waals surface area contributed by atoms with Crippen LogP contribution in [-0.4, -0.2) is 41.3 Å². The van der Waals surface area contributed by atoms with Crippen LogP contribution < -0.4 is 5.32 Å². The number of nitrogens with one attached hydrogen (secondary N) is 1. The summed E-state index contributed by atoms with van der Waals surface area (Å²) in [7, 11) is 0. The predicted molar refractivity (Wildman–Crippen MR) is 105 cm³/mol. The van der Waals surface area contributed by atoms with Crippen LogP contribution in [0, 0.1) is 5.41 Å². The number of halogens is 1. The third-order valence-corrected chi connectivity index (χ3v) is 5.13. The van der Waals surface area contributed by atoms with Gasteiger partial charge < -0.3 is 5.32 Å². The maximum Gasteiger partial charge on any atom is 0.240 e. The van der Waals surface area contributed by atoms with Crippen molar-refractivity contribution >= 4 is 41.0 Å². The number of allylic oxidation sites excluding steroid dienone is 1. The first-order chi connectivity index (χ1) is 12.2. The molecule has 0 aromatic heterocycles. The Balaban J connectivity index is 1.89. The van der Waals surface area contributed by atoms with Crippen LogP contribution in [0.25, 0.3) is 0 Å². The molecule has 1 N–H and O–H groups in total. The first-order valence-electron chi connectivity index (χ1n) is 8.37. The highest BCUT2D eigenvalue weighted by Gasteiger charge is 2.30. The molecule has 1 heterocycles. The van der Waals surface area contributed by atoms with Crippen LogP contribution in [0.4, 0.5) is 0 Å². The van der Waals surface area contributed by atoms with Gasteiger partial charge in [0, 0.05) is 23.1 Å². The number of amides is 2. The lowest BCUT2D eigenvalue weighted by atomic mass is 9.91. The molecule has 5 nitrogen and oxygen atoms in total. The van der Waals surface area contributed by atoms with E-state index in [2.05, 4.69) is 5.32 Å². The molecule has 0 spiro atoms. The summed E-state index contributed by atoms with van der Waals surface area (Å²) in [5, 5.41) is 4.03. The van der Waals surface area contributed by atoms with Crippen molar-refractivity contribution < 1.29 is 14.4 Å². The molecule has 1 saturated heterocycles. The van der Waals surface area contributed by atoms with Gasteiger partial charge in [0.2, 0.25) is 11.8 Å². The summed E-state index contributed by atoms with van der Waals surface area (Å²) in [6.45, 7) is 5.86. The number of carbonyl (C=O) groups is 3. The van der Waals surface area contributed by atoms with Gasteiger partial charge in [-0.25, -0.2) is 0 Å². The normalized spacial score (nSPS) is 16.2. The smallest absolute Gasteiger partial charge is 0.240 e. The minimum atomic E-state index is -0.522. The van der Waals surface area contributed by atoms with E-state index < -0.39 is 5.41 Å². The number of benzene rings is 1. The first kappa shape index (κ1) is 20.5. The molecule has 140 valence electrons. The summed E-state index contributed by atoms with van der Waals surface area (Å²) in [5.41, 5.74) is 0.546. The monoisotopic (exact) mass is 394 g/mol. The number of ketones is 1. The molecule has 0 bridgehead atoms. The van der Waals surface area contributed by atoms with Crippen molar-refractivity contribution in [3.05, 3.63) is 46.0 Å². The zero-order valence-electron chi connectivity index (χ0n) is 15.2. The summed E-state index contributed by atoms with van der Waals surface area (Å²) >= 11 is 7.14. The Labute approximate surface area is 163 Å². The van der Waals surface area contributed by atoms with E-state index in [1.54, 1.807) is 0 Å². The molecule has 1 aromatic rings. The zero-order valence-corrected chi connectivity index (χ0v) is 16.7. The molecule has 0 saturated carbocycles. The van der Waals surface area contributed by atoms with Gasteiger partial charge in [-0.2, -0.15) is 0 Å². The molecule has 1 aliphatic heterocycles. The molecular formula is C19H23ClN2O3S. The average molecular weight is 395 g/mol. The third-order valence-electron chi connectivity index (χ3n) is 3.86. The molecule has 2 rings (SSSR count). The molecule has 7 heteroatoms. The molecule has 1 fully saturated rings. The fraction of sp³-hybridized carbons (Fsp3) is 0.421. The van der Waals surface area contributed by atoms with Crippen LogP contribution in [0.2, 0.25) is 5.02 Å². The minimum absolute atomic E-state index is 0.0668. The van der Waals surface area contributed by atoms with Gasteiger partial charge in [0.15, 0.2) is 5.78 Å². The van der Waals surface area contributed by atoms with E-state index in [1.807, 2.05) is 45.0 Å². The molecule has 26 heavy (non-hydrogen) atoms. The highest BCUT2D eigenvalue weighted by Crippen LogP contribution is 2.30. The fourth-order valence-electron chi connectivity index (χ4n) is 2.23. The maximum atomic E-state index is 12.2. The van der Waals surface area contributed by atoms with Gasteiger partial charge >= 0.3 is 0 Å². The van der Waals surface area contributed by atoms with Crippen LogP contribution in [0.1, 0.15) is 26.3 Å². The lowest BCUT2D eigenvalue weighted by Crippen LogP contribution is -2.38.